The van der Waals surface area contributed by atoms with Crippen molar-refractivity contribution in [3.05, 3.63) is 11.9 Å². The Kier molecular flexibility index (Phi) is 3.56. The van der Waals surface area contributed by atoms with Gasteiger partial charge in [0.05, 0.1) is 13.2 Å². The molecule has 1 aromatic heterocycles. The number of nitrogens with one attached hydrogen (secondary N) is 1. The van der Waals surface area contributed by atoms with Crippen LogP contribution < -0.4 is 10.1 Å². The number of aromatic nitrogens is 2. The van der Waals surface area contributed by atoms with Crippen molar-refractivity contribution < 1.29 is 9.47 Å². The second-order valence-electron chi connectivity index (χ2n) is 3.93. The summed E-state index contributed by atoms with van der Waals surface area (Å²) in [6.07, 6.45) is 1.07. The molecule has 1 aliphatic heterocycles. The Morgan fingerprint density at radius 2 is 2.44 bits per heavy atom. The van der Waals surface area contributed by atoms with Gasteiger partial charge in [0.15, 0.2) is 0 Å². The van der Waals surface area contributed by atoms with Crippen molar-refractivity contribution in [1.82, 2.24) is 9.97 Å². The second-order valence-corrected chi connectivity index (χ2v) is 3.93. The van der Waals surface area contributed by atoms with Gasteiger partial charge in [-0.2, -0.15) is 4.98 Å². The Balaban J connectivity index is 1.94. The van der Waals surface area contributed by atoms with Gasteiger partial charge in [0.25, 0.3) is 0 Å². The minimum Gasteiger partial charge on any atom is -0.477 e. The molecule has 16 heavy (non-hydrogen) atoms. The predicted octanol–water partition coefficient (Wildman–Crippen LogP) is 1.24. The first-order valence-corrected chi connectivity index (χ1v) is 5.52. The van der Waals surface area contributed by atoms with E-state index in [1.807, 2.05) is 20.0 Å². The van der Waals surface area contributed by atoms with Gasteiger partial charge in [0.2, 0.25) is 5.88 Å². The van der Waals surface area contributed by atoms with E-state index >= 15 is 0 Å². The maximum absolute atomic E-state index is 5.64. The molecule has 5 nitrogen and oxygen atoms in total. The van der Waals surface area contributed by atoms with Gasteiger partial charge in [-0.1, -0.05) is 0 Å². The summed E-state index contributed by atoms with van der Waals surface area (Å²) >= 11 is 0. The summed E-state index contributed by atoms with van der Waals surface area (Å²) in [4.78, 5) is 8.43. The topological polar surface area (TPSA) is 56.3 Å². The van der Waals surface area contributed by atoms with E-state index in [2.05, 4.69) is 15.3 Å². The normalized spacial score (nSPS) is 19.8. The molecule has 1 fully saturated rings. The zero-order valence-corrected chi connectivity index (χ0v) is 9.69. The van der Waals surface area contributed by atoms with Crippen LogP contribution >= 0.6 is 0 Å². The summed E-state index contributed by atoms with van der Waals surface area (Å²) in [7, 11) is 1.83. The Bertz CT molecular complexity index is 351. The molecule has 88 valence electrons. The zero-order chi connectivity index (χ0) is 11.4. The van der Waals surface area contributed by atoms with Crippen molar-refractivity contribution in [3.63, 3.8) is 0 Å². The summed E-state index contributed by atoms with van der Waals surface area (Å²) in [5.41, 5.74) is 0. The predicted molar refractivity (Wildman–Crippen MR) is 60.7 cm³/mol. The SMILES string of the molecule is CNc1cc(OCC2CCOC2)nc(C)n1. The Labute approximate surface area is 95.2 Å². The van der Waals surface area contributed by atoms with Crippen molar-refractivity contribution in [2.45, 2.75) is 13.3 Å². The van der Waals surface area contributed by atoms with Gasteiger partial charge in [-0.25, -0.2) is 4.98 Å². The van der Waals surface area contributed by atoms with Crippen LogP contribution in [0, 0.1) is 12.8 Å². The summed E-state index contributed by atoms with van der Waals surface area (Å²) in [5.74, 6) is 2.62. The lowest BCUT2D eigenvalue weighted by Gasteiger charge is -2.10. The van der Waals surface area contributed by atoms with Gasteiger partial charge >= 0.3 is 0 Å². The first-order valence-electron chi connectivity index (χ1n) is 5.52. The minimum absolute atomic E-state index is 0.494. The fourth-order valence-electron chi connectivity index (χ4n) is 1.66. The third-order valence-corrected chi connectivity index (χ3v) is 2.56. The zero-order valence-electron chi connectivity index (χ0n) is 9.69. The summed E-state index contributed by atoms with van der Waals surface area (Å²) < 4.78 is 10.9. The van der Waals surface area contributed by atoms with E-state index < -0.39 is 0 Å². The average molecular weight is 223 g/mol. The number of hydrogen-bond acceptors (Lipinski definition) is 5. The monoisotopic (exact) mass is 223 g/mol. The highest BCUT2D eigenvalue weighted by Gasteiger charge is 2.16. The fourth-order valence-corrected chi connectivity index (χ4v) is 1.66. The van der Waals surface area contributed by atoms with Crippen LogP contribution in [0.5, 0.6) is 5.88 Å². The molecule has 2 heterocycles. The first kappa shape index (κ1) is 11.1. The lowest BCUT2D eigenvalue weighted by molar-refractivity contribution is 0.165. The quantitative estimate of drug-likeness (QED) is 0.832. The summed E-state index contributed by atoms with van der Waals surface area (Å²) in [6.45, 7) is 4.16. The molecule has 0 radical (unpaired) electrons. The molecule has 1 aromatic rings. The van der Waals surface area contributed by atoms with Crippen LogP contribution in [0.4, 0.5) is 5.82 Å². The molecule has 0 saturated carbocycles. The van der Waals surface area contributed by atoms with Crippen LogP contribution in [0.3, 0.4) is 0 Å². The second kappa shape index (κ2) is 5.12. The molecule has 0 amide bonds. The van der Waals surface area contributed by atoms with Crippen molar-refractivity contribution >= 4 is 5.82 Å². The molecule has 1 aliphatic rings. The van der Waals surface area contributed by atoms with Crippen LogP contribution in [0.1, 0.15) is 12.2 Å². The van der Waals surface area contributed by atoms with Gasteiger partial charge in [0.1, 0.15) is 11.6 Å². The van der Waals surface area contributed by atoms with E-state index in [4.69, 9.17) is 9.47 Å². The van der Waals surface area contributed by atoms with E-state index in [0.717, 1.165) is 25.5 Å². The van der Waals surface area contributed by atoms with Gasteiger partial charge in [-0.15, -0.1) is 0 Å². The van der Waals surface area contributed by atoms with Crippen LogP contribution in [-0.4, -0.2) is 36.8 Å². The number of rotatable bonds is 4. The average Bonchev–Trinajstić information content (AvgIpc) is 2.78. The maximum atomic E-state index is 5.64. The Morgan fingerprint density at radius 1 is 1.56 bits per heavy atom. The van der Waals surface area contributed by atoms with Gasteiger partial charge < -0.3 is 14.8 Å². The largest absolute Gasteiger partial charge is 0.477 e. The minimum atomic E-state index is 0.494. The third kappa shape index (κ3) is 2.82. The summed E-state index contributed by atoms with van der Waals surface area (Å²) in [5, 5.41) is 2.98. The summed E-state index contributed by atoms with van der Waals surface area (Å²) in [6, 6.07) is 1.81. The molecule has 1 N–H and O–H groups in total. The molecule has 0 spiro atoms. The van der Waals surface area contributed by atoms with E-state index in [1.54, 1.807) is 0 Å². The van der Waals surface area contributed by atoms with Crippen LogP contribution in [-0.2, 0) is 4.74 Å². The lowest BCUT2D eigenvalue weighted by Crippen LogP contribution is -2.13. The molecule has 2 rings (SSSR count). The van der Waals surface area contributed by atoms with Crippen LogP contribution in [0.2, 0.25) is 0 Å². The van der Waals surface area contributed by atoms with Gasteiger partial charge in [-0.3, -0.25) is 0 Å². The van der Waals surface area contributed by atoms with Crippen molar-refractivity contribution in [2.24, 2.45) is 5.92 Å². The van der Waals surface area contributed by atoms with Crippen molar-refractivity contribution in [3.8, 4) is 5.88 Å². The smallest absolute Gasteiger partial charge is 0.218 e. The highest BCUT2D eigenvalue weighted by molar-refractivity contribution is 5.37. The molecule has 0 bridgehead atoms. The van der Waals surface area contributed by atoms with E-state index in [-0.39, 0.29) is 0 Å². The number of anilines is 1. The molecule has 1 atom stereocenters. The molecule has 0 aromatic carbocycles. The van der Waals surface area contributed by atoms with E-state index in [1.165, 1.54) is 0 Å². The van der Waals surface area contributed by atoms with Gasteiger partial charge in [-0.05, 0) is 13.3 Å². The van der Waals surface area contributed by atoms with Crippen molar-refractivity contribution in [1.29, 1.82) is 0 Å². The molecule has 1 unspecified atom stereocenters. The van der Waals surface area contributed by atoms with Crippen LogP contribution in [0.15, 0.2) is 6.07 Å². The van der Waals surface area contributed by atoms with Gasteiger partial charge in [0, 0.05) is 25.6 Å². The van der Waals surface area contributed by atoms with Crippen molar-refractivity contribution in [2.75, 3.05) is 32.2 Å². The third-order valence-electron chi connectivity index (χ3n) is 2.56. The highest BCUT2D eigenvalue weighted by atomic mass is 16.5. The molecular weight excluding hydrogens is 206 g/mol. The Hall–Kier alpha value is -1.36. The van der Waals surface area contributed by atoms with E-state index in [0.29, 0.717) is 24.2 Å². The first-order chi connectivity index (χ1) is 7.78. The molecule has 0 aliphatic carbocycles. The number of nitrogens with zero attached hydrogens (tertiary/aromatic N) is 2. The molecular formula is C11H17N3O2. The van der Waals surface area contributed by atoms with E-state index in [9.17, 15) is 0 Å². The standard InChI is InChI=1S/C11H17N3O2/c1-8-13-10(12-2)5-11(14-8)16-7-9-3-4-15-6-9/h5,9H,3-4,6-7H2,1-2H3,(H,12,13,14). The lowest BCUT2D eigenvalue weighted by atomic mass is 10.1. The maximum Gasteiger partial charge on any atom is 0.218 e. The molecule has 1 saturated heterocycles. The molecule has 5 heteroatoms. The Morgan fingerprint density at radius 3 is 3.12 bits per heavy atom. The number of aryl methyl sites for hydroxylation is 1. The number of ether oxygens (including phenoxy) is 2. The van der Waals surface area contributed by atoms with Crippen LogP contribution in [0.25, 0.3) is 0 Å². The highest BCUT2D eigenvalue weighted by Crippen LogP contribution is 2.17. The fraction of sp³-hybridized carbons (Fsp3) is 0.636. The number of hydrogen-bond donors (Lipinski definition) is 1.